The van der Waals surface area contributed by atoms with Crippen LogP contribution in [0.5, 0.6) is 11.5 Å². The summed E-state index contributed by atoms with van der Waals surface area (Å²) in [5.74, 6) is -0.297. The Kier molecular flexibility index (Phi) is 8.88. The molecule has 5 aromatic rings. The maximum Gasteiger partial charge on any atom is 0.416 e. The van der Waals surface area contributed by atoms with Crippen LogP contribution < -0.4 is 20.3 Å². The van der Waals surface area contributed by atoms with Crippen molar-refractivity contribution in [1.29, 1.82) is 0 Å². The molecule has 224 valence electrons. The van der Waals surface area contributed by atoms with E-state index < -0.39 is 23.2 Å². The second-order valence-corrected chi connectivity index (χ2v) is 10.1. The van der Waals surface area contributed by atoms with Crippen LogP contribution in [0.25, 0.3) is 22.3 Å². The van der Waals surface area contributed by atoms with Crippen LogP contribution in [0.3, 0.4) is 0 Å². The molecule has 0 unspecified atom stereocenters. The lowest BCUT2D eigenvalue weighted by molar-refractivity contribution is -0.137. The van der Waals surface area contributed by atoms with Crippen LogP contribution in [0.2, 0.25) is 10.0 Å². The minimum Gasteiger partial charge on any atom is -0.493 e. The molecule has 44 heavy (non-hydrogen) atoms. The van der Waals surface area contributed by atoms with Gasteiger partial charge in [-0.1, -0.05) is 47.5 Å². The van der Waals surface area contributed by atoms with Gasteiger partial charge < -0.3 is 14.8 Å². The molecule has 0 aliphatic rings. The van der Waals surface area contributed by atoms with Crippen molar-refractivity contribution in [2.45, 2.75) is 6.18 Å². The predicted molar refractivity (Wildman–Crippen MR) is 163 cm³/mol. The number of anilines is 1. The van der Waals surface area contributed by atoms with E-state index in [0.717, 1.165) is 16.8 Å². The van der Waals surface area contributed by atoms with E-state index in [1.165, 1.54) is 37.6 Å². The minimum atomic E-state index is -4.60. The van der Waals surface area contributed by atoms with Crippen molar-refractivity contribution in [1.82, 2.24) is 9.66 Å². The van der Waals surface area contributed by atoms with Crippen LogP contribution in [0.4, 0.5) is 18.9 Å². The van der Waals surface area contributed by atoms with E-state index in [1.54, 1.807) is 48.5 Å². The number of nitrogens with one attached hydrogen (secondary N) is 1. The lowest BCUT2D eigenvalue weighted by Gasteiger charge is -2.14. The second-order valence-electron chi connectivity index (χ2n) is 9.27. The average Bonchev–Trinajstić information content (AvgIpc) is 3.00. The van der Waals surface area contributed by atoms with E-state index in [2.05, 4.69) is 15.4 Å². The average molecular weight is 641 g/mol. The highest BCUT2D eigenvalue weighted by molar-refractivity contribution is 6.32. The molecule has 8 nitrogen and oxygen atoms in total. The monoisotopic (exact) mass is 640 g/mol. The number of carbonyl (C=O) groups excluding carboxylic acids is 1. The number of fused-ring (bicyclic) bond motifs is 1. The summed E-state index contributed by atoms with van der Waals surface area (Å²) >= 11 is 12.3. The Balaban J connectivity index is 1.46. The number of carbonyl (C=O) groups is 1. The first-order valence-corrected chi connectivity index (χ1v) is 13.6. The molecule has 1 N–H and O–H groups in total. The lowest BCUT2D eigenvalue weighted by atomic mass is 10.1. The number of aromatic nitrogens is 2. The number of para-hydroxylation sites is 1. The predicted octanol–water partition coefficient (Wildman–Crippen LogP) is 7.30. The minimum absolute atomic E-state index is 0.0380. The quantitative estimate of drug-likeness (QED) is 0.180. The number of amides is 1. The largest absolute Gasteiger partial charge is 0.493 e. The third-order valence-corrected chi connectivity index (χ3v) is 6.78. The molecular weight excluding hydrogens is 620 g/mol. The Bertz CT molecular complexity index is 1940. The number of nitrogens with zero attached hydrogens (tertiary/aromatic N) is 3. The lowest BCUT2D eigenvalue weighted by Crippen LogP contribution is -2.21. The summed E-state index contributed by atoms with van der Waals surface area (Å²) in [7, 11) is 1.37. The van der Waals surface area contributed by atoms with E-state index in [0.29, 0.717) is 21.8 Å². The third-order valence-electron chi connectivity index (χ3n) is 6.25. The highest BCUT2D eigenvalue weighted by atomic mass is 35.5. The van der Waals surface area contributed by atoms with Crippen molar-refractivity contribution < 1.29 is 27.4 Å². The molecule has 0 atom stereocenters. The Morgan fingerprint density at radius 3 is 2.50 bits per heavy atom. The molecule has 0 spiro atoms. The fraction of sp³-hybridized carbons (Fsp3) is 0.0968. The fourth-order valence-electron chi connectivity index (χ4n) is 4.20. The van der Waals surface area contributed by atoms with Gasteiger partial charge in [0, 0.05) is 16.3 Å². The zero-order valence-corrected chi connectivity index (χ0v) is 24.2. The third kappa shape index (κ3) is 6.85. The Hall–Kier alpha value is -4.87. The summed E-state index contributed by atoms with van der Waals surface area (Å²) in [5.41, 5.74) is -0.278. The van der Waals surface area contributed by atoms with Crippen LogP contribution in [-0.4, -0.2) is 35.5 Å². The van der Waals surface area contributed by atoms with Crippen molar-refractivity contribution in [3.05, 3.63) is 116 Å². The highest BCUT2D eigenvalue weighted by Gasteiger charge is 2.31. The van der Waals surface area contributed by atoms with Gasteiger partial charge in [-0.2, -0.15) is 22.9 Å². The molecule has 0 aliphatic carbocycles. The molecule has 0 aliphatic heterocycles. The smallest absolute Gasteiger partial charge is 0.416 e. The highest BCUT2D eigenvalue weighted by Crippen LogP contribution is 2.36. The molecule has 0 saturated heterocycles. The van der Waals surface area contributed by atoms with Crippen LogP contribution in [0, 0.1) is 0 Å². The van der Waals surface area contributed by atoms with Gasteiger partial charge in [-0.3, -0.25) is 9.59 Å². The van der Waals surface area contributed by atoms with E-state index in [1.807, 2.05) is 0 Å². The van der Waals surface area contributed by atoms with Gasteiger partial charge in [-0.15, -0.1) is 0 Å². The molecule has 13 heteroatoms. The summed E-state index contributed by atoms with van der Waals surface area (Å²) in [6, 6.07) is 20.4. The van der Waals surface area contributed by atoms with Crippen LogP contribution in [0.15, 0.2) is 94.8 Å². The number of halogens is 5. The Morgan fingerprint density at radius 1 is 1.02 bits per heavy atom. The van der Waals surface area contributed by atoms with Gasteiger partial charge in [0.2, 0.25) is 0 Å². The maximum atomic E-state index is 13.5. The van der Waals surface area contributed by atoms with Gasteiger partial charge in [-0.25, -0.2) is 4.98 Å². The van der Waals surface area contributed by atoms with Crippen molar-refractivity contribution in [2.24, 2.45) is 5.10 Å². The SMILES string of the molecule is COc1cc(C=Nn2c(-c3cccc(C(F)(F)F)c3)nc3ccccc3c2=O)cc(Cl)c1OCC(=O)Nc1ccc(Cl)cc1. The van der Waals surface area contributed by atoms with Gasteiger partial charge >= 0.3 is 6.18 Å². The zero-order valence-electron chi connectivity index (χ0n) is 22.7. The first-order chi connectivity index (χ1) is 21.0. The standard InChI is InChI=1S/C31H21Cl2F3N4O4/c1-43-26-14-18(13-24(33)28(26)44-17-27(41)38-22-11-9-21(32)10-12-22)16-37-40-29(19-5-4-6-20(15-19)31(34,35)36)39-25-8-3-2-7-23(25)30(40)42/h2-16H,17H2,1H3,(H,38,41). The first kappa shape index (κ1) is 30.6. The van der Waals surface area contributed by atoms with Crippen LogP contribution >= 0.6 is 23.2 Å². The van der Waals surface area contributed by atoms with Crippen LogP contribution in [-0.2, 0) is 11.0 Å². The summed E-state index contributed by atoms with van der Waals surface area (Å²) in [6.07, 6.45) is -3.32. The molecule has 4 aromatic carbocycles. The molecule has 1 heterocycles. The number of benzene rings is 4. The van der Waals surface area contributed by atoms with Crippen molar-refractivity contribution in [3.63, 3.8) is 0 Å². The summed E-state index contributed by atoms with van der Waals surface area (Å²) in [6.45, 7) is -0.384. The summed E-state index contributed by atoms with van der Waals surface area (Å²) < 4.78 is 52.3. The van der Waals surface area contributed by atoms with Crippen molar-refractivity contribution in [2.75, 3.05) is 19.0 Å². The van der Waals surface area contributed by atoms with E-state index in [9.17, 15) is 22.8 Å². The number of methoxy groups -OCH3 is 1. The molecule has 5 rings (SSSR count). The van der Waals surface area contributed by atoms with Crippen LogP contribution in [0.1, 0.15) is 11.1 Å². The molecule has 0 bridgehead atoms. The topological polar surface area (TPSA) is 94.8 Å². The normalized spacial score (nSPS) is 11.6. The number of alkyl halides is 3. The second kappa shape index (κ2) is 12.8. The molecule has 0 saturated carbocycles. The van der Waals surface area contributed by atoms with Crippen molar-refractivity contribution >= 4 is 51.9 Å². The fourth-order valence-corrected chi connectivity index (χ4v) is 4.60. The summed E-state index contributed by atoms with van der Waals surface area (Å²) in [4.78, 5) is 30.3. The first-order valence-electron chi connectivity index (χ1n) is 12.8. The van der Waals surface area contributed by atoms with E-state index >= 15 is 0 Å². The van der Waals surface area contributed by atoms with Crippen molar-refractivity contribution in [3.8, 4) is 22.9 Å². The number of rotatable bonds is 8. The molecule has 1 amide bonds. The molecule has 0 fully saturated rings. The van der Waals surface area contributed by atoms with Gasteiger partial charge in [0.05, 0.1) is 34.8 Å². The molecular formula is C31H21Cl2F3N4O4. The van der Waals surface area contributed by atoms with Gasteiger partial charge in [0.25, 0.3) is 11.5 Å². The van der Waals surface area contributed by atoms with E-state index in [4.69, 9.17) is 32.7 Å². The van der Waals surface area contributed by atoms with Gasteiger partial charge in [0.1, 0.15) is 0 Å². The Morgan fingerprint density at radius 2 is 1.77 bits per heavy atom. The number of hydrogen-bond acceptors (Lipinski definition) is 6. The molecule has 0 radical (unpaired) electrons. The van der Waals surface area contributed by atoms with Gasteiger partial charge in [0.15, 0.2) is 23.9 Å². The van der Waals surface area contributed by atoms with Gasteiger partial charge in [-0.05, 0) is 66.2 Å². The maximum absolute atomic E-state index is 13.5. The molecule has 1 aromatic heterocycles. The number of hydrogen-bond donors (Lipinski definition) is 1. The number of ether oxygens (including phenoxy) is 2. The van der Waals surface area contributed by atoms with E-state index in [-0.39, 0.29) is 39.9 Å². The Labute approximate surface area is 258 Å². The zero-order chi connectivity index (χ0) is 31.4. The summed E-state index contributed by atoms with van der Waals surface area (Å²) in [5, 5.41) is 7.76.